The highest BCUT2D eigenvalue weighted by Gasteiger charge is 2.31. The lowest BCUT2D eigenvalue weighted by Crippen LogP contribution is -2.20. The first-order chi connectivity index (χ1) is 14.8. The molecule has 1 saturated carbocycles. The van der Waals surface area contributed by atoms with Crippen molar-refractivity contribution in [3.8, 4) is 5.69 Å². The third-order valence-electron chi connectivity index (χ3n) is 5.09. The molecule has 164 valence electrons. The number of fused-ring (bicyclic) bond motifs is 1. The summed E-state index contributed by atoms with van der Waals surface area (Å²) < 4.78 is 45.4. The summed E-state index contributed by atoms with van der Waals surface area (Å²) in [4.78, 5) is 29.2. The molecule has 7 nitrogen and oxygen atoms in total. The number of aromatic nitrogens is 3. The Balaban J connectivity index is 1.72. The molecule has 0 radical (unpaired) electrons. The van der Waals surface area contributed by atoms with Gasteiger partial charge in [0.25, 0.3) is 0 Å². The van der Waals surface area contributed by atoms with Crippen molar-refractivity contribution in [3.05, 3.63) is 35.5 Å². The average molecular weight is 452 g/mol. The van der Waals surface area contributed by atoms with Gasteiger partial charge in [0.1, 0.15) is 4.70 Å². The lowest BCUT2D eigenvalue weighted by molar-refractivity contribution is -0.137. The van der Waals surface area contributed by atoms with Gasteiger partial charge in [-0.25, -0.2) is 9.48 Å². The van der Waals surface area contributed by atoms with Gasteiger partial charge in [0.2, 0.25) is 5.91 Å². The standard InChI is InChI=1S/C20H19F3N4O3S/c1-2-30-18(29)14-15-16(24-19(31-15)25-17(28)11-5-3-4-6-11)27(26-14)13-9-7-12(8-10-13)20(21,22)23/h7-11H,2-6H2,1H3,(H,24,25,28). The van der Waals surface area contributed by atoms with Crippen LogP contribution in [0.2, 0.25) is 0 Å². The van der Waals surface area contributed by atoms with Crippen LogP contribution in [-0.2, 0) is 15.7 Å². The average Bonchev–Trinajstić information content (AvgIpc) is 3.44. The van der Waals surface area contributed by atoms with Gasteiger partial charge in [0, 0.05) is 5.92 Å². The third-order valence-corrected chi connectivity index (χ3v) is 6.06. The molecule has 3 aromatic rings. The van der Waals surface area contributed by atoms with Gasteiger partial charge >= 0.3 is 12.1 Å². The van der Waals surface area contributed by atoms with E-state index in [9.17, 15) is 22.8 Å². The summed E-state index contributed by atoms with van der Waals surface area (Å²) in [6.45, 7) is 1.79. The number of alkyl halides is 3. The number of rotatable bonds is 5. The Morgan fingerprint density at radius 1 is 1.23 bits per heavy atom. The second-order valence-electron chi connectivity index (χ2n) is 7.17. The van der Waals surface area contributed by atoms with Gasteiger partial charge in [-0.3, -0.25) is 4.79 Å². The highest BCUT2D eigenvalue weighted by molar-refractivity contribution is 7.22. The maximum Gasteiger partial charge on any atom is 0.416 e. The van der Waals surface area contributed by atoms with Gasteiger partial charge < -0.3 is 10.1 Å². The molecule has 1 aliphatic rings. The van der Waals surface area contributed by atoms with Crippen molar-refractivity contribution in [2.75, 3.05) is 11.9 Å². The first-order valence-corrected chi connectivity index (χ1v) is 10.6. The topological polar surface area (TPSA) is 86.1 Å². The number of nitrogens with one attached hydrogen (secondary N) is 1. The van der Waals surface area contributed by atoms with E-state index in [4.69, 9.17) is 4.74 Å². The van der Waals surface area contributed by atoms with Gasteiger partial charge in [0.15, 0.2) is 16.5 Å². The molecule has 11 heteroatoms. The largest absolute Gasteiger partial charge is 0.461 e. The summed E-state index contributed by atoms with van der Waals surface area (Å²) in [6, 6.07) is 4.37. The third kappa shape index (κ3) is 4.27. The van der Waals surface area contributed by atoms with E-state index >= 15 is 0 Å². The SMILES string of the molecule is CCOC(=O)c1nn(-c2ccc(C(F)(F)F)cc2)c2nc(NC(=O)C3CCCC3)sc12. The molecule has 0 unspecified atom stereocenters. The highest BCUT2D eigenvalue weighted by Crippen LogP contribution is 2.34. The van der Waals surface area contributed by atoms with Crippen LogP contribution in [0.5, 0.6) is 0 Å². The minimum atomic E-state index is -4.47. The fourth-order valence-corrected chi connectivity index (χ4v) is 4.48. The van der Waals surface area contributed by atoms with Crippen LogP contribution in [0.25, 0.3) is 16.0 Å². The Morgan fingerprint density at radius 2 is 1.90 bits per heavy atom. The first-order valence-electron chi connectivity index (χ1n) is 9.83. The number of hydrogen-bond acceptors (Lipinski definition) is 6. The summed E-state index contributed by atoms with van der Waals surface area (Å²) in [5.41, 5.74) is -0.245. The highest BCUT2D eigenvalue weighted by atomic mass is 32.1. The molecule has 0 saturated heterocycles. The molecule has 0 atom stereocenters. The van der Waals surface area contributed by atoms with E-state index in [0.717, 1.165) is 49.2 Å². The zero-order chi connectivity index (χ0) is 22.2. The Hall–Kier alpha value is -2.95. The number of ether oxygens (including phenoxy) is 1. The van der Waals surface area contributed by atoms with Crippen molar-refractivity contribution in [1.29, 1.82) is 0 Å². The van der Waals surface area contributed by atoms with Gasteiger partial charge in [-0.2, -0.15) is 23.3 Å². The minimum absolute atomic E-state index is 0.00406. The summed E-state index contributed by atoms with van der Waals surface area (Å²) in [5.74, 6) is -0.862. The summed E-state index contributed by atoms with van der Waals surface area (Å²) in [5, 5.41) is 7.32. The van der Waals surface area contributed by atoms with Gasteiger partial charge in [-0.1, -0.05) is 24.2 Å². The number of amides is 1. The van der Waals surface area contributed by atoms with Gasteiger partial charge in [-0.05, 0) is 44.0 Å². The van der Waals surface area contributed by atoms with E-state index in [1.54, 1.807) is 6.92 Å². The fourth-order valence-electron chi connectivity index (χ4n) is 3.56. The lowest BCUT2D eigenvalue weighted by atomic mass is 10.1. The molecule has 1 N–H and O–H groups in total. The van der Waals surface area contributed by atoms with E-state index in [2.05, 4.69) is 15.4 Å². The molecule has 2 heterocycles. The number of esters is 1. The Kier molecular flexibility index (Phi) is 5.69. The molecular weight excluding hydrogens is 433 g/mol. The molecule has 31 heavy (non-hydrogen) atoms. The number of thiazole rings is 1. The van der Waals surface area contributed by atoms with Crippen molar-refractivity contribution in [1.82, 2.24) is 14.8 Å². The van der Waals surface area contributed by atoms with Crippen LogP contribution in [0, 0.1) is 5.92 Å². The van der Waals surface area contributed by atoms with Crippen molar-refractivity contribution >= 4 is 38.7 Å². The van der Waals surface area contributed by atoms with Crippen molar-refractivity contribution in [2.45, 2.75) is 38.8 Å². The summed E-state index contributed by atoms with van der Waals surface area (Å²) in [6.07, 6.45) is -0.803. The first kappa shape index (κ1) is 21.3. The van der Waals surface area contributed by atoms with Crippen LogP contribution in [0.3, 0.4) is 0 Å². The number of benzene rings is 1. The smallest absolute Gasteiger partial charge is 0.416 e. The predicted molar refractivity (Wildman–Crippen MR) is 108 cm³/mol. The van der Waals surface area contributed by atoms with Crippen LogP contribution in [0.1, 0.15) is 48.7 Å². The molecule has 0 aliphatic heterocycles. The predicted octanol–water partition coefficient (Wildman–Crippen LogP) is 4.81. The van der Waals surface area contributed by atoms with E-state index in [-0.39, 0.29) is 29.8 Å². The monoisotopic (exact) mass is 452 g/mol. The maximum absolute atomic E-state index is 12.9. The molecule has 1 fully saturated rings. The number of carbonyl (C=O) groups is 2. The molecule has 2 aromatic heterocycles. The normalized spacial score (nSPS) is 14.8. The molecule has 0 bridgehead atoms. The van der Waals surface area contributed by atoms with Crippen LogP contribution in [-0.4, -0.2) is 33.2 Å². The van der Waals surface area contributed by atoms with E-state index in [0.29, 0.717) is 15.5 Å². The Bertz CT molecular complexity index is 1120. The minimum Gasteiger partial charge on any atom is -0.461 e. The number of anilines is 1. The maximum atomic E-state index is 12.9. The van der Waals surface area contributed by atoms with Crippen molar-refractivity contribution in [3.63, 3.8) is 0 Å². The molecule has 4 rings (SSSR count). The molecule has 1 aliphatic carbocycles. The number of carbonyl (C=O) groups excluding carboxylic acids is 2. The second-order valence-corrected chi connectivity index (χ2v) is 8.17. The summed E-state index contributed by atoms with van der Waals surface area (Å²) >= 11 is 1.08. The number of halogens is 3. The Labute approximate surface area is 179 Å². The lowest BCUT2D eigenvalue weighted by Gasteiger charge is -2.08. The zero-order valence-corrected chi connectivity index (χ0v) is 17.3. The number of nitrogens with zero attached hydrogens (tertiary/aromatic N) is 3. The second kappa shape index (κ2) is 8.29. The fraction of sp³-hybridized carbons (Fsp3) is 0.400. The van der Waals surface area contributed by atoms with Crippen molar-refractivity contribution < 1.29 is 27.5 Å². The molecule has 1 aromatic carbocycles. The van der Waals surface area contributed by atoms with Gasteiger partial charge in [0.05, 0.1) is 17.9 Å². The van der Waals surface area contributed by atoms with Crippen LogP contribution in [0.4, 0.5) is 18.3 Å². The molecular formula is C20H19F3N4O3S. The van der Waals surface area contributed by atoms with Crippen molar-refractivity contribution in [2.24, 2.45) is 5.92 Å². The molecule has 0 spiro atoms. The molecule has 1 amide bonds. The zero-order valence-electron chi connectivity index (χ0n) is 16.5. The summed E-state index contributed by atoms with van der Waals surface area (Å²) in [7, 11) is 0. The quantitative estimate of drug-likeness (QED) is 0.562. The van der Waals surface area contributed by atoms with Crippen LogP contribution < -0.4 is 5.32 Å². The van der Waals surface area contributed by atoms with Crippen LogP contribution in [0.15, 0.2) is 24.3 Å². The Morgan fingerprint density at radius 3 is 2.52 bits per heavy atom. The number of hydrogen-bond donors (Lipinski definition) is 1. The van der Waals surface area contributed by atoms with E-state index in [1.165, 1.54) is 16.8 Å². The van der Waals surface area contributed by atoms with Gasteiger partial charge in [-0.15, -0.1) is 0 Å². The van der Waals surface area contributed by atoms with E-state index < -0.39 is 17.7 Å². The van der Waals surface area contributed by atoms with Crippen LogP contribution >= 0.6 is 11.3 Å². The van der Waals surface area contributed by atoms with E-state index in [1.807, 2.05) is 0 Å².